The van der Waals surface area contributed by atoms with E-state index in [-0.39, 0.29) is 0 Å². The number of hydrogen-bond acceptors (Lipinski definition) is 5. The Morgan fingerprint density at radius 3 is 2.50 bits per heavy atom. The highest BCUT2D eigenvalue weighted by Crippen LogP contribution is 2.00. The van der Waals surface area contributed by atoms with Gasteiger partial charge < -0.3 is 0 Å². The summed E-state index contributed by atoms with van der Waals surface area (Å²) < 4.78 is 0. The molecule has 0 saturated carbocycles. The summed E-state index contributed by atoms with van der Waals surface area (Å²) >= 11 is 0. The van der Waals surface area contributed by atoms with Crippen LogP contribution in [0.4, 0.5) is 0 Å². The van der Waals surface area contributed by atoms with E-state index in [1.165, 1.54) is 12.1 Å². The fraction of sp³-hybridized carbons (Fsp3) is 0. The van der Waals surface area contributed by atoms with Gasteiger partial charge in [0.1, 0.15) is 0 Å². The van der Waals surface area contributed by atoms with Crippen molar-refractivity contribution in [2.75, 3.05) is 0 Å². The standard InChI is InChI=1S/C7H5NO4/c9-7(11-12-8-10)6-4-2-1-3-5-6/h1-5H. The first-order valence-electron chi connectivity index (χ1n) is 3.10. The van der Waals surface area contributed by atoms with Gasteiger partial charge >= 0.3 is 5.97 Å². The lowest BCUT2D eigenvalue weighted by atomic mass is 10.2. The quantitative estimate of drug-likeness (QED) is 0.388. The van der Waals surface area contributed by atoms with Crippen molar-refractivity contribution >= 4 is 5.97 Å². The first-order valence-corrected chi connectivity index (χ1v) is 3.10. The van der Waals surface area contributed by atoms with E-state index in [9.17, 15) is 9.70 Å². The summed E-state index contributed by atoms with van der Waals surface area (Å²) in [5, 5.41) is 1.91. The van der Waals surface area contributed by atoms with Gasteiger partial charge in [-0.2, -0.15) is 0 Å². The van der Waals surface area contributed by atoms with Crippen LogP contribution >= 0.6 is 0 Å². The molecule has 0 fully saturated rings. The van der Waals surface area contributed by atoms with Gasteiger partial charge in [0.05, 0.1) is 5.56 Å². The number of benzene rings is 1. The number of rotatable bonds is 3. The van der Waals surface area contributed by atoms with Crippen LogP contribution in [-0.2, 0) is 9.88 Å². The van der Waals surface area contributed by atoms with Crippen LogP contribution in [0.1, 0.15) is 10.4 Å². The molecule has 5 nitrogen and oxygen atoms in total. The maximum Gasteiger partial charge on any atom is 0.388 e. The molecule has 0 saturated heterocycles. The molecule has 12 heavy (non-hydrogen) atoms. The van der Waals surface area contributed by atoms with E-state index in [0.717, 1.165) is 0 Å². The molecule has 0 bridgehead atoms. The summed E-state index contributed by atoms with van der Waals surface area (Å²) in [6.45, 7) is 0. The first-order chi connectivity index (χ1) is 5.84. The lowest BCUT2D eigenvalue weighted by Gasteiger charge is -1.95. The van der Waals surface area contributed by atoms with Crippen molar-refractivity contribution in [2.45, 2.75) is 0 Å². The summed E-state index contributed by atoms with van der Waals surface area (Å²) in [4.78, 5) is 27.8. The van der Waals surface area contributed by atoms with E-state index < -0.39 is 5.97 Å². The van der Waals surface area contributed by atoms with Crippen LogP contribution in [0.25, 0.3) is 0 Å². The van der Waals surface area contributed by atoms with E-state index >= 15 is 0 Å². The molecule has 0 unspecified atom stereocenters. The highest BCUT2D eigenvalue weighted by atomic mass is 17.3. The molecule has 0 radical (unpaired) electrons. The maximum absolute atomic E-state index is 10.9. The highest BCUT2D eigenvalue weighted by Gasteiger charge is 2.06. The molecule has 0 atom stereocenters. The van der Waals surface area contributed by atoms with Crippen LogP contribution in [0.3, 0.4) is 0 Å². The lowest BCUT2D eigenvalue weighted by Crippen LogP contribution is -2.02. The fourth-order valence-electron chi connectivity index (χ4n) is 0.671. The molecule has 0 spiro atoms. The average Bonchev–Trinajstić information content (AvgIpc) is 2.15. The Labute approximate surface area is 67.8 Å². The molecule has 62 valence electrons. The van der Waals surface area contributed by atoms with Crippen molar-refractivity contribution in [1.29, 1.82) is 0 Å². The summed E-state index contributed by atoms with van der Waals surface area (Å²) in [5.41, 5.74) is 0.293. The van der Waals surface area contributed by atoms with E-state index in [1.54, 1.807) is 18.2 Å². The Bertz CT molecular complexity index is 272. The smallest absolute Gasteiger partial charge is 0.241 e. The Morgan fingerprint density at radius 1 is 1.25 bits per heavy atom. The van der Waals surface area contributed by atoms with Gasteiger partial charge in [-0.1, -0.05) is 18.2 Å². The highest BCUT2D eigenvalue weighted by molar-refractivity contribution is 5.88. The zero-order chi connectivity index (χ0) is 8.81. The SMILES string of the molecule is O=NOOC(=O)c1ccccc1. The number of nitrogens with zero attached hydrogens (tertiary/aromatic N) is 1. The van der Waals surface area contributed by atoms with E-state index in [0.29, 0.717) is 5.56 Å². The molecule has 0 aliphatic rings. The molecule has 0 aliphatic carbocycles. The molecular formula is C7H5NO4. The van der Waals surface area contributed by atoms with Crippen molar-refractivity contribution in [3.05, 3.63) is 40.8 Å². The van der Waals surface area contributed by atoms with Gasteiger partial charge in [-0.05, 0) is 12.1 Å². The number of hydrogen-bond donors (Lipinski definition) is 0. The van der Waals surface area contributed by atoms with Gasteiger partial charge in [-0.15, -0.1) is 9.90 Å². The molecule has 0 amide bonds. The molecule has 0 N–H and O–H groups in total. The Hall–Kier alpha value is -1.91. The zero-order valence-corrected chi connectivity index (χ0v) is 5.97. The Balaban J connectivity index is 2.59. The second kappa shape index (κ2) is 4.07. The summed E-state index contributed by atoms with van der Waals surface area (Å²) in [6.07, 6.45) is 0. The molecular weight excluding hydrogens is 162 g/mol. The minimum Gasteiger partial charge on any atom is -0.241 e. The normalized spacial score (nSPS) is 8.67. The van der Waals surface area contributed by atoms with Gasteiger partial charge in [0.25, 0.3) is 0 Å². The van der Waals surface area contributed by atoms with Crippen molar-refractivity contribution in [3.8, 4) is 0 Å². The summed E-state index contributed by atoms with van der Waals surface area (Å²) in [7, 11) is 0. The average molecular weight is 167 g/mol. The topological polar surface area (TPSA) is 65.0 Å². The predicted molar refractivity (Wildman–Crippen MR) is 38.7 cm³/mol. The van der Waals surface area contributed by atoms with Crippen molar-refractivity contribution < 1.29 is 14.7 Å². The van der Waals surface area contributed by atoms with Crippen molar-refractivity contribution in [3.63, 3.8) is 0 Å². The van der Waals surface area contributed by atoms with E-state index in [1.807, 2.05) is 5.34 Å². The van der Waals surface area contributed by atoms with Crippen LogP contribution in [-0.4, -0.2) is 5.97 Å². The van der Waals surface area contributed by atoms with Gasteiger partial charge in [0.15, 0.2) is 0 Å². The Morgan fingerprint density at radius 2 is 1.92 bits per heavy atom. The molecule has 1 rings (SSSR count). The van der Waals surface area contributed by atoms with Gasteiger partial charge in [0, 0.05) is 0 Å². The van der Waals surface area contributed by atoms with E-state index in [4.69, 9.17) is 0 Å². The molecule has 0 aromatic heterocycles. The molecule has 0 heterocycles. The van der Waals surface area contributed by atoms with Gasteiger partial charge in [-0.25, -0.2) is 9.68 Å². The van der Waals surface area contributed by atoms with Crippen LogP contribution in [0.5, 0.6) is 0 Å². The molecule has 5 heteroatoms. The molecule has 1 aromatic rings. The van der Waals surface area contributed by atoms with Gasteiger partial charge in [-0.3, -0.25) is 0 Å². The largest absolute Gasteiger partial charge is 0.388 e. The number of carbonyl (C=O) groups is 1. The maximum atomic E-state index is 10.9. The van der Waals surface area contributed by atoms with Crippen LogP contribution in [0.15, 0.2) is 35.7 Å². The third-order valence-corrected chi connectivity index (χ3v) is 1.15. The minimum absolute atomic E-state index is 0.293. The predicted octanol–water partition coefficient (Wildman–Crippen LogP) is 1.46. The zero-order valence-electron chi connectivity index (χ0n) is 5.97. The van der Waals surface area contributed by atoms with Crippen LogP contribution < -0.4 is 0 Å². The lowest BCUT2D eigenvalue weighted by molar-refractivity contribution is -0.243. The summed E-state index contributed by atoms with van der Waals surface area (Å²) in [5.74, 6) is -0.754. The fourth-order valence-corrected chi connectivity index (χ4v) is 0.671. The number of carbonyl (C=O) groups excluding carboxylic acids is 1. The van der Waals surface area contributed by atoms with E-state index in [2.05, 4.69) is 9.88 Å². The molecule has 1 aromatic carbocycles. The molecule has 0 aliphatic heterocycles. The Kier molecular flexibility index (Phi) is 2.78. The van der Waals surface area contributed by atoms with Crippen LogP contribution in [0.2, 0.25) is 0 Å². The van der Waals surface area contributed by atoms with Crippen LogP contribution in [0, 0.1) is 4.91 Å². The second-order valence-electron chi connectivity index (χ2n) is 1.89. The van der Waals surface area contributed by atoms with Crippen molar-refractivity contribution in [1.82, 2.24) is 0 Å². The second-order valence-corrected chi connectivity index (χ2v) is 1.89. The minimum atomic E-state index is -0.754. The van der Waals surface area contributed by atoms with Gasteiger partial charge in [0.2, 0.25) is 5.34 Å². The first kappa shape index (κ1) is 8.19. The third kappa shape index (κ3) is 2.05. The third-order valence-electron chi connectivity index (χ3n) is 1.15. The summed E-state index contributed by atoms with van der Waals surface area (Å²) in [6, 6.07) is 8.11. The monoisotopic (exact) mass is 167 g/mol. The van der Waals surface area contributed by atoms with Crippen molar-refractivity contribution in [2.24, 2.45) is 5.34 Å².